The number of hydrogen-bond donors (Lipinski definition) is 1. The van der Waals surface area contributed by atoms with Gasteiger partial charge in [0, 0.05) is 23.9 Å². The molecule has 0 spiro atoms. The van der Waals surface area contributed by atoms with Gasteiger partial charge in [-0.05, 0) is 37.7 Å². The van der Waals surface area contributed by atoms with E-state index in [1.165, 1.54) is 36.2 Å². The van der Waals surface area contributed by atoms with Crippen molar-refractivity contribution in [3.63, 3.8) is 0 Å². The molecule has 0 bridgehead atoms. The summed E-state index contributed by atoms with van der Waals surface area (Å²) in [7, 11) is 0. The Hall–Kier alpha value is -0.960. The molecular weight excluding hydrogens is 198 g/mol. The fourth-order valence-corrected chi connectivity index (χ4v) is 2.33. The van der Waals surface area contributed by atoms with Gasteiger partial charge in [0.05, 0.1) is 0 Å². The van der Waals surface area contributed by atoms with Gasteiger partial charge in [-0.2, -0.15) is 0 Å². The number of aryl methyl sites for hydroxylation is 1. The minimum absolute atomic E-state index is 0.238. The van der Waals surface area contributed by atoms with E-state index in [0.29, 0.717) is 0 Å². The number of hydrogen-bond acceptors (Lipinski definition) is 3. The maximum absolute atomic E-state index is 6.02. The number of nitrogens with two attached hydrogens (primary N) is 1. The molecule has 1 heterocycles. The predicted molar refractivity (Wildman–Crippen MR) is 65.3 cm³/mol. The Morgan fingerprint density at radius 3 is 2.88 bits per heavy atom. The van der Waals surface area contributed by atoms with Crippen molar-refractivity contribution in [3.8, 4) is 0 Å². The van der Waals surface area contributed by atoms with E-state index in [1.807, 2.05) is 0 Å². The van der Waals surface area contributed by atoms with Crippen molar-refractivity contribution < 1.29 is 0 Å². The molecule has 16 heavy (non-hydrogen) atoms. The van der Waals surface area contributed by atoms with Gasteiger partial charge >= 0.3 is 0 Å². The Bertz CT molecular complexity index is 349. The van der Waals surface area contributed by atoms with Crippen molar-refractivity contribution in [1.82, 2.24) is 9.97 Å². The highest BCUT2D eigenvalue weighted by atomic mass is 14.8. The summed E-state index contributed by atoms with van der Waals surface area (Å²) in [6.07, 6.45) is 9.74. The first-order valence-corrected chi connectivity index (χ1v) is 6.38. The number of aromatic nitrogens is 2. The van der Waals surface area contributed by atoms with Crippen LogP contribution >= 0.6 is 0 Å². The van der Waals surface area contributed by atoms with Crippen molar-refractivity contribution in [2.75, 3.05) is 0 Å². The number of nitrogens with zero attached hydrogens (tertiary/aromatic N) is 2. The summed E-state index contributed by atoms with van der Waals surface area (Å²) in [6, 6.07) is 0.238. The molecule has 0 saturated heterocycles. The SMILES string of the molecule is CCC(N)Cc1ncnc2c1CCCCC2. The van der Waals surface area contributed by atoms with E-state index in [9.17, 15) is 0 Å². The van der Waals surface area contributed by atoms with Crippen LogP contribution in [-0.4, -0.2) is 16.0 Å². The van der Waals surface area contributed by atoms with Crippen LogP contribution in [-0.2, 0) is 19.3 Å². The monoisotopic (exact) mass is 219 g/mol. The van der Waals surface area contributed by atoms with Gasteiger partial charge in [-0.15, -0.1) is 0 Å². The zero-order valence-electron chi connectivity index (χ0n) is 10.1. The molecule has 1 aliphatic carbocycles. The van der Waals surface area contributed by atoms with Gasteiger partial charge in [0.15, 0.2) is 0 Å². The molecule has 0 radical (unpaired) electrons. The highest BCUT2D eigenvalue weighted by molar-refractivity contribution is 5.26. The zero-order valence-corrected chi connectivity index (χ0v) is 10.1. The van der Waals surface area contributed by atoms with Gasteiger partial charge in [0.25, 0.3) is 0 Å². The highest BCUT2D eigenvalue weighted by Crippen LogP contribution is 2.21. The second kappa shape index (κ2) is 5.39. The fourth-order valence-electron chi connectivity index (χ4n) is 2.33. The van der Waals surface area contributed by atoms with E-state index >= 15 is 0 Å². The van der Waals surface area contributed by atoms with E-state index in [-0.39, 0.29) is 6.04 Å². The Balaban J connectivity index is 2.24. The summed E-state index contributed by atoms with van der Waals surface area (Å²) in [6.45, 7) is 2.13. The van der Waals surface area contributed by atoms with Crippen molar-refractivity contribution in [1.29, 1.82) is 0 Å². The highest BCUT2D eigenvalue weighted by Gasteiger charge is 2.15. The molecule has 2 rings (SSSR count). The number of fused-ring (bicyclic) bond motifs is 1. The minimum atomic E-state index is 0.238. The van der Waals surface area contributed by atoms with Crippen LogP contribution in [0.1, 0.15) is 49.6 Å². The first-order valence-electron chi connectivity index (χ1n) is 6.38. The van der Waals surface area contributed by atoms with E-state index < -0.39 is 0 Å². The molecule has 1 aromatic heterocycles. The molecule has 1 atom stereocenters. The molecule has 3 heteroatoms. The van der Waals surface area contributed by atoms with E-state index in [0.717, 1.165) is 25.7 Å². The Labute approximate surface area is 97.5 Å². The molecular formula is C13H21N3. The first-order chi connectivity index (χ1) is 7.81. The predicted octanol–water partition coefficient (Wildman–Crippen LogP) is 2.03. The van der Waals surface area contributed by atoms with Gasteiger partial charge in [0.1, 0.15) is 6.33 Å². The third-order valence-electron chi connectivity index (χ3n) is 3.44. The van der Waals surface area contributed by atoms with Gasteiger partial charge < -0.3 is 5.73 Å². The Morgan fingerprint density at radius 2 is 2.06 bits per heavy atom. The van der Waals surface area contributed by atoms with Crippen LogP contribution in [0.5, 0.6) is 0 Å². The standard InChI is InChI=1S/C13H21N3/c1-2-10(14)8-13-11-6-4-3-5-7-12(11)15-9-16-13/h9-10H,2-8,14H2,1H3. The van der Waals surface area contributed by atoms with Crippen LogP contribution in [0.15, 0.2) is 6.33 Å². The molecule has 1 aliphatic rings. The second-order valence-electron chi connectivity index (χ2n) is 4.68. The van der Waals surface area contributed by atoms with Crippen molar-refractivity contribution >= 4 is 0 Å². The average molecular weight is 219 g/mol. The Kier molecular flexibility index (Phi) is 3.88. The lowest BCUT2D eigenvalue weighted by Crippen LogP contribution is -2.23. The largest absolute Gasteiger partial charge is 0.327 e. The summed E-state index contributed by atoms with van der Waals surface area (Å²) < 4.78 is 0. The van der Waals surface area contributed by atoms with E-state index in [1.54, 1.807) is 6.33 Å². The van der Waals surface area contributed by atoms with E-state index in [2.05, 4.69) is 16.9 Å². The van der Waals surface area contributed by atoms with Crippen LogP contribution in [0.2, 0.25) is 0 Å². The van der Waals surface area contributed by atoms with Gasteiger partial charge in [-0.3, -0.25) is 0 Å². The van der Waals surface area contributed by atoms with Crippen LogP contribution in [0, 0.1) is 0 Å². The van der Waals surface area contributed by atoms with Crippen molar-refractivity contribution in [2.45, 2.75) is 57.9 Å². The van der Waals surface area contributed by atoms with E-state index in [4.69, 9.17) is 5.73 Å². The molecule has 0 aromatic carbocycles. The van der Waals surface area contributed by atoms with Gasteiger partial charge in [0.2, 0.25) is 0 Å². The summed E-state index contributed by atoms with van der Waals surface area (Å²) in [5.74, 6) is 0. The first kappa shape index (κ1) is 11.5. The molecule has 0 amide bonds. The summed E-state index contributed by atoms with van der Waals surface area (Å²) >= 11 is 0. The Morgan fingerprint density at radius 1 is 1.25 bits per heavy atom. The van der Waals surface area contributed by atoms with Gasteiger partial charge in [-0.1, -0.05) is 13.3 Å². The molecule has 3 nitrogen and oxygen atoms in total. The third-order valence-corrected chi connectivity index (χ3v) is 3.44. The normalized spacial score (nSPS) is 17.6. The zero-order chi connectivity index (χ0) is 11.4. The molecule has 88 valence electrons. The lowest BCUT2D eigenvalue weighted by atomic mass is 10.0. The lowest BCUT2D eigenvalue weighted by molar-refractivity contribution is 0.628. The van der Waals surface area contributed by atoms with Crippen LogP contribution in [0.25, 0.3) is 0 Å². The minimum Gasteiger partial charge on any atom is -0.327 e. The topological polar surface area (TPSA) is 51.8 Å². The summed E-state index contributed by atoms with van der Waals surface area (Å²) in [5, 5.41) is 0. The molecule has 2 N–H and O–H groups in total. The lowest BCUT2D eigenvalue weighted by Gasteiger charge is -2.13. The van der Waals surface area contributed by atoms with Crippen LogP contribution in [0.4, 0.5) is 0 Å². The van der Waals surface area contributed by atoms with Gasteiger partial charge in [-0.25, -0.2) is 9.97 Å². The van der Waals surface area contributed by atoms with Crippen molar-refractivity contribution in [2.24, 2.45) is 5.73 Å². The summed E-state index contributed by atoms with van der Waals surface area (Å²) in [5.41, 5.74) is 9.87. The van der Waals surface area contributed by atoms with Crippen LogP contribution < -0.4 is 5.73 Å². The molecule has 0 aliphatic heterocycles. The molecule has 1 unspecified atom stereocenters. The molecule has 0 saturated carbocycles. The van der Waals surface area contributed by atoms with Crippen molar-refractivity contribution in [3.05, 3.63) is 23.3 Å². The quantitative estimate of drug-likeness (QED) is 0.791. The second-order valence-corrected chi connectivity index (χ2v) is 4.68. The maximum atomic E-state index is 6.02. The fraction of sp³-hybridized carbons (Fsp3) is 0.692. The smallest absolute Gasteiger partial charge is 0.115 e. The number of rotatable bonds is 3. The van der Waals surface area contributed by atoms with Crippen LogP contribution in [0.3, 0.4) is 0 Å². The maximum Gasteiger partial charge on any atom is 0.115 e. The molecule has 1 aromatic rings. The summed E-state index contributed by atoms with van der Waals surface area (Å²) in [4.78, 5) is 8.85. The average Bonchev–Trinajstić information content (AvgIpc) is 2.54. The third kappa shape index (κ3) is 2.59. The molecule has 0 fully saturated rings.